The summed E-state index contributed by atoms with van der Waals surface area (Å²) in [5.41, 5.74) is 2.14. The summed E-state index contributed by atoms with van der Waals surface area (Å²) in [7, 11) is -2.44. The fraction of sp³-hybridized carbons (Fsp3) is 0.167. The average molecular weight is 542 g/mol. The van der Waals surface area contributed by atoms with Crippen LogP contribution >= 0.6 is 11.6 Å². The molecular formula is C24H24ClN7O4S. The van der Waals surface area contributed by atoms with E-state index in [0.29, 0.717) is 27.8 Å². The summed E-state index contributed by atoms with van der Waals surface area (Å²) in [5.74, 6) is 0.145. The molecule has 0 unspecified atom stereocenters. The number of methoxy groups -OCH3 is 1. The Balaban J connectivity index is 1.55. The third-order valence-corrected chi connectivity index (χ3v) is 6.44. The quantitative estimate of drug-likeness (QED) is 0.299. The SMILES string of the molecule is COc1cc(C(=O)Nc2cccc(S(N)(=O)=O)c2)ccc1Nc1ncc(Cl)c(-c2ccn(C(C)C)n2)n1. The lowest BCUT2D eigenvalue weighted by Crippen LogP contribution is -2.15. The minimum absolute atomic E-state index is 0.110. The van der Waals surface area contributed by atoms with Crippen molar-refractivity contribution in [2.24, 2.45) is 5.14 Å². The first-order chi connectivity index (χ1) is 17.5. The van der Waals surface area contributed by atoms with Crippen molar-refractivity contribution in [2.45, 2.75) is 24.8 Å². The van der Waals surface area contributed by atoms with Crippen LogP contribution in [-0.2, 0) is 10.0 Å². The molecule has 37 heavy (non-hydrogen) atoms. The largest absolute Gasteiger partial charge is 0.495 e. The monoisotopic (exact) mass is 541 g/mol. The van der Waals surface area contributed by atoms with E-state index >= 15 is 0 Å². The van der Waals surface area contributed by atoms with Crippen molar-refractivity contribution < 1.29 is 17.9 Å². The van der Waals surface area contributed by atoms with Gasteiger partial charge in [-0.2, -0.15) is 5.10 Å². The molecule has 0 spiro atoms. The van der Waals surface area contributed by atoms with Crippen LogP contribution in [0.1, 0.15) is 30.2 Å². The number of amides is 1. The maximum Gasteiger partial charge on any atom is 0.255 e. The molecule has 0 saturated carbocycles. The average Bonchev–Trinajstić information content (AvgIpc) is 3.35. The van der Waals surface area contributed by atoms with Crippen molar-refractivity contribution in [1.82, 2.24) is 19.7 Å². The summed E-state index contributed by atoms with van der Waals surface area (Å²) in [5, 5.41) is 15.8. The summed E-state index contributed by atoms with van der Waals surface area (Å²) in [4.78, 5) is 21.4. The lowest BCUT2D eigenvalue weighted by Gasteiger charge is -2.13. The number of primary sulfonamides is 1. The van der Waals surface area contributed by atoms with E-state index in [1.54, 1.807) is 22.9 Å². The number of carbonyl (C=O) groups excluding carboxylic acids is 1. The van der Waals surface area contributed by atoms with Crippen LogP contribution in [0.4, 0.5) is 17.3 Å². The molecule has 0 aliphatic carbocycles. The van der Waals surface area contributed by atoms with Crippen LogP contribution in [0.25, 0.3) is 11.4 Å². The molecule has 4 N–H and O–H groups in total. The number of nitrogens with two attached hydrogens (primary N) is 1. The molecule has 4 rings (SSSR count). The predicted molar refractivity (Wildman–Crippen MR) is 141 cm³/mol. The number of benzene rings is 2. The van der Waals surface area contributed by atoms with Gasteiger partial charge in [-0.3, -0.25) is 9.48 Å². The lowest BCUT2D eigenvalue weighted by molar-refractivity contribution is 0.102. The summed E-state index contributed by atoms with van der Waals surface area (Å²) in [6.07, 6.45) is 3.33. The molecular weight excluding hydrogens is 518 g/mol. The number of ether oxygens (including phenoxy) is 1. The maximum atomic E-state index is 12.8. The zero-order valence-corrected chi connectivity index (χ0v) is 21.7. The van der Waals surface area contributed by atoms with E-state index in [0.717, 1.165) is 0 Å². The summed E-state index contributed by atoms with van der Waals surface area (Å²) in [6, 6.07) is 12.4. The Kier molecular flexibility index (Phi) is 7.43. The van der Waals surface area contributed by atoms with Gasteiger partial charge in [0.1, 0.15) is 17.1 Å². The van der Waals surface area contributed by atoms with Crippen molar-refractivity contribution in [3.8, 4) is 17.1 Å². The Hall–Kier alpha value is -4.00. The van der Waals surface area contributed by atoms with Crippen LogP contribution in [0.5, 0.6) is 5.75 Å². The van der Waals surface area contributed by atoms with E-state index < -0.39 is 15.9 Å². The summed E-state index contributed by atoms with van der Waals surface area (Å²) < 4.78 is 30.4. The van der Waals surface area contributed by atoms with Gasteiger partial charge >= 0.3 is 0 Å². The molecule has 13 heteroatoms. The van der Waals surface area contributed by atoms with Crippen molar-refractivity contribution in [3.63, 3.8) is 0 Å². The number of nitrogens with zero attached hydrogens (tertiary/aromatic N) is 4. The molecule has 2 aromatic heterocycles. The Morgan fingerprint density at radius 3 is 2.62 bits per heavy atom. The molecule has 192 valence electrons. The first-order valence-corrected chi connectivity index (χ1v) is 12.9. The zero-order valence-electron chi connectivity index (χ0n) is 20.1. The molecule has 1 amide bonds. The maximum absolute atomic E-state index is 12.8. The number of aromatic nitrogens is 4. The van der Waals surface area contributed by atoms with Crippen LogP contribution in [0, 0.1) is 0 Å². The highest BCUT2D eigenvalue weighted by Gasteiger charge is 2.16. The van der Waals surface area contributed by atoms with E-state index in [9.17, 15) is 13.2 Å². The van der Waals surface area contributed by atoms with E-state index in [2.05, 4.69) is 25.7 Å². The van der Waals surface area contributed by atoms with Gasteiger partial charge in [-0.25, -0.2) is 23.5 Å². The number of anilines is 3. The normalized spacial score (nSPS) is 11.4. The van der Waals surface area contributed by atoms with Crippen LogP contribution in [0.15, 0.2) is 65.8 Å². The third-order valence-electron chi connectivity index (χ3n) is 5.25. The van der Waals surface area contributed by atoms with Crippen molar-refractivity contribution in [1.29, 1.82) is 0 Å². The molecule has 2 aromatic carbocycles. The zero-order chi connectivity index (χ0) is 26.7. The fourth-order valence-electron chi connectivity index (χ4n) is 3.37. The smallest absolute Gasteiger partial charge is 0.255 e. The second-order valence-electron chi connectivity index (χ2n) is 8.23. The standard InChI is InChI=1S/C24H24ClN7O4S/c1-14(2)32-10-9-20(31-32)22-18(25)13-27-24(30-22)29-19-8-7-15(11-21(19)36-3)23(33)28-16-5-4-6-17(12-16)37(26,34)35/h4-14H,1-3H3,(H,28,33)(H2,26,34,35)(H,27,29,30). The van der Waals surface area contributed by atoms with Gasteiger partial charge in [0.15, 0.2) is 0 Å². The van der Waals surface area contributed by atoms with E-state index in [4.69, 9.17) is 21.5 Å². The number of hydrogen-bond acceptors (Lipinski definition) is 8. The minimum atomic E-state index is -3.90. The van der Waals surface area contributed by atoms with Gasteiger partial charge in [-0.15, -0.1) is 0 Å². The van der Waals surface area contributed by atoms with Crippen LogP contribution in [0.2, 0.25) is 5.02 Å². The Morgan fingerprint density at radius 1 is 1.16 bits per heavy atom. The molecule has 0 saturated heterocycles. The van der Waals surface area contributed by atoms with Crippen molar-refractivity contribution >= 4 is 44.9 Å². The van der Waals surface area contributed by atoms with Crippen LogP contribution in [0.3, 0.4) is 0 Å². The molecule has 4 aromatic rings. The van der Waals surface area contributed by atoms with Gasteiger partial charge in [0.05, 0.1) is 28.9 Å². The molecule has 0 radical (unpaired) electrons. The van der Waals surface area contributed by atoms with Crippen LogP contribution < -0.4 is 20.5 Å². The van der Waals surface area contributed by atoms with Gasteiger partial charge in [0.25, 0.3) is 5.91 Å². The molecule has 2 heterocycles. The lowest BCUT2D eigenvalue weighted by atomic mass is 10.1. The molecule has 0 aliphatic heterocycles. The number of hydrogen-bond donors (Lipinski definition) is 3. The molecule has 0 bridgehead atoms. The summed E-state index contributed by atoms with van der Waals surface area (Å²) in [6.45, 7) is 4.03. The van der Waals surface area contributed by atoms with Crippen LogP contribution in [-0.4, -0.2) is 41.2 Å². The summed E-state index contributed by atoms with van der Waals surface area (Å²) >= 11 is 6.33. The van der Waals surface area contributed by atoms with E-state index in [-0.39, 0.29) is 28.1 Å². The van der Waals surface area contributed by atoms with Gasteiger partial charge in [0.2, 0.25) is 16.0 Å². The third kappa shape index (κ3) is 6.05. The topological polar surface area (TPSA) is 154 Å². The molecule has 0 fully saturated rings. The van der Waals surface area contributed by atoms with Gasteiger partial charge in [-0.05, 0) is 56.3 Å². The number of halogens is 1. The first-order valence-electron chi connectivity index (χ1n) is 11.0. The highest BCUT2D eigenvalue weighted by atomic mass is 35.5. The molecule has 0 atom stereocenters. The fourth-order valence-corrected chi connectivity index (χ4v) is 4.12. The first kappa shape index (κ1) is 26.1. The minimum Gasteiger partial charge on any atom is -0.495 e. The highest BCUT2D eigenvalue weighted by molar-refractivity contribution is 7.89. The second kappa shape index (κ2) is 10.5. The van der Waals surface area contributed by atoms with Gasteiger partial charge < -0.3 is 15.4 Å². The van der Waals surface area contributed by atoms with E-state index in [1.165, 1.54) is 37.6 Å². The molecule has 11 nitrogen and oxygen atoms in total. The van der Waals surface area contributed by atoms with Gasteiger partial charge in [0, 0.05) is 23.5 Å². The van der Waals surface area contributed by atoms with Crippen molar-refractivity contribution in [3.05, 3.63) is 71.5 Å². The molecule has 0 aliphatic rings. The predicted octanol–water partition coefficient (Wildman–Crippen LogP) is 4.23. The van der Waals surface area contributed by atoms with Crippen molar-refractivity contribution in [2.75, 3.05) is 17.7 Å². The number of nitrogens with one attached hydrogen (secondary N) is 2. The highest BCUT2D eigenvalue weighted by Crippen LogP contribution is 2.30. The Morgan fingerprint density at radius 2 is 1.95 bits per heavy atom. The van der Waals surface area contributed by atoms with Gasteiger partial charge in [-0.1, -0.05) is 17.7 Å². The number of carbonyl (C=O) groups is 1. The Labute approximate surface area is 218 Å². The Bertz CT molecular complexity index is 1570. The van der Waals surface area contributed by atoms with E-state index in [1.807, 2.05) is 26.1 Å². The second-order valence-corrected chi connectivity index (χ2v) is 10.2. The number of sulfonamides is 1. The number of rotatable bonds is 8.